The molecule has 2 N–H and O–H groups in total. The topological polar surface area (TPSA) is 74.6 Å². The molecule has 148 valence electrons. The van der Waals surface area contributed by atoms with Gasteiger partial charge >= 0.3 is 5.97 Å². The van der Waals surface area contributed by atoms with E-state index >= 15 is 0 Å². The molecule has 1 aliphatic rings. The second-order valence-electron chi connectivity index (χ2n) is 7.46. The molecule has 0 amide bonds. The molecule has 1 atom stereocenters. The highest BCUT2D eigenvalue weighted by Gasteiger charge is 2.47. The minimum atomic E-state index is -1.57. The molecule has 4 nitrogen and oxygen atoms in total. The Balaban J connectivity index is 2.46. The van der Waals surface area contributed by atoms with E-state index in [0.29, 0.717) is 11.1 Å². The van der Waals surface area contributed by atoms with Gasteiger partial charge in [0.2, 0.25) is 0 Å². The van der Waals surface area contributed by atoms with Crippen molar-refractivity contribution in [3.8, 4) is 0 Å². The third-order valence-electron chi connectivity index (χ3n) is 4.74. The number of rotatable bonds is 5. The van der Waals surface area contributed by atoms with Crippen LogP contribution in [0.3, 0.4) is 0 Å². The maximum atomic E-state index is 13.4. The Morgan fingerprint density at radius 3 is 2.46 bits per heavy atom. The molecule has 0 unspecified atom stereocenters. The summed E-state index contributed by atoms with van der Waals surface area (Å²) in [7, 11) is 0. The Morgan fingerprint density at radius 1 is 1.18 bits per heavy atom. The summed E-state index contributed by atoms with van der Waals surface area (Å²) in [5.41, 5.74) is -1.38. The van der Waals surface area contributed by atoms with Gasteiger partial charge < -0.3 is 10.2 Å². The van der Waals surface area contributed by atoms with Crippen molar-refractivity contribution in [2.24, 2.45) is 5.41 Å². The van der Waals surface area contributed by atoms with E-state index < -0.39 is 28.6 Å². The predicted molar refractivity (Wildman–Crippen MR) is 102 cm³/mol. The number of hydrogen-bond acceptors (Lipinski definition) is 3. The Hall–Kier alpha value is -2.86. The Bertz CT molecular complexity index is 922. The maximum absolute atomic E-state index is 13.4. The van der Waals surface area contributed by atoms with E-state index in [1.165, 1.54) is 36.4 Å². The smallest absolute Gasteiger partial charge is 0.328 e. The number of aliphatic hydroxyl groups is 1. The van der Waals surface area contributed by atoms with Crippen molar-refractivity contribution in [2.45, 2.75) is 32.8 Å². The molecule has 0 saturated carbocycles. The van der Waals surface area contributed by atoms with Gasteiger partial charge in [-0.25, -0.2) is 13.6 Å². The highest BCUT2D eigenvalue weighted by atomic mass is 19.2. The molecule has 0 heterocycles. The number of benzene rings is 1. The van der Waals surface area contributed by atoms with Gasteiger partial charge in [-0.1, -0.05) is 38.1 Å². The van der Waals surface area contributed by atoms with Crippen LogP contribution in [0, 0.1) is 17.0 Å². The van der Waals surface area contributed by atoms with E-state index in [1.807, 2.05) is 0 Å². The molecule has 6 heteroatoms. The number of carboxylic acids is 1. The standard InChI is InChI=1S/C22H22F2O4/c1-14(10-20(26)27)8-9-22(28)16(12-17(25)13-21(22,2)3)6-4-15-5-7-18(23)19(24)11-15/h4-12,28H,13H2,1-3H3,(H,26,27)/b6-4+,9-8+,14-10-/t22-/m1/s1. The SMILES string of the molecule is CC(=C/C(=O)O)/C=C/[C@@]1(O)C(/C=C/c2ccc(F)c(F)c2)=CC(=O)CC1(C)C. The van der Waals surface area contributed by atoms with Gasteiger partial charge in [-0.2, -0.15) is 0 Å². The number of carbonyl (C=O) groups is 2. The van der Waals surface area contributed by atoms with E-state index in [2.05, 4.69) is 0 Å². The van der Waals surface area contributed by atoms with Crippen molar-refractivity contribution in [3.63, 3.8) is 0 Å². The molecule has 0 aromatic heterocycles. The van der Waals surface area contributed by atoms with Crippen molar-refractivity contribution < 1.29 is 28.6 Å². The van der Waals surface area contributed by atoms with Gasteiger partial charge in [-0.15, -0.1) is 0 Å². The highest BCUT2D eigenvalue weighted by Crippen LogP contribution is 2.45. The average Bonchev–Trinajstić information content (AvgIpc) is 2.57. The van der Waals surface area contributed by atoms with Crippen molar-refractivity contribution in [1.82, 2.24) is 0 Å². The molecule has 1 aromatic carbocycles. The molecule has 2 rings (SSSR count). The monoisotopic (exact) mass is 388 g/mol. The summed E-state index contributed by atoms with van der Waals surface area (Å²) >= 11 is 0. The molecule has 0 radical (unpaired) electrons. The second kappa shape index (κ2) is 8.02. The zero-order chi connectivity index (χ0) is 21.1. The molecule has 0 bridgehead atoms. The van der Waals surface area contributed by atoms with Crippen LogP contribution in [0.4, 0.5) is 8.78 Å². The highest BCUT2D eigenvalue weighted by molar-refractivity contribution is 5.94. The Labute approximate surface area is 162 Å². The zero-order valence-electron chi connectivity index (χ0n) is 15.9. The summed E-state index contributed by atoms with van der Waals surface area (Å²) in [6.45, 7) is 5.03. The van der Waals surface area contributed by atoms with Gasteiger partial charge in [0.05, 0.1) is 0 Å². The van der Waals surface area contributed by atoms with E-state index in [-0.39, 0.29) is 17.8 Å². The fraction of sp³-hybridized carbons (Fsp3) is 0.273. The second-order valence-corrected chi connectivity index (χ2v) is 7.46. The third kappa shape index (κ3) is 4.70. The number of carboxylic acid groups (broad SMARTS) is 1. The number of carbonyl (C=O) groups excluding carboxylic acids is 1. The van der Waals surface area contributed by atoms with Gasteiger partial charge in [0.1, 0.15) is 5.60 Å². The van der Waals surface area contributed by atoms with Gasteiger partial charge in [-0.05, 0) is 47.9 Å². The summed E-state index contributed by atoms with van der Waals surface area (Å²) in [5.74, 6) is -3.25. The minimum Gasteiger partial charge on any atom is -0.478 e. The van der Waals surface area contributed by atoms with Crippen molar-refractivity contribution >= 4 is 17.8 Å². The lowest BCUT2D eigenvalue weighted by atomic mass is 9.64. The van der Waals surface area contributed by atoms with Crippen molar-refractivity contribution in [3.05, 3.63) is 76.9 Å². The lowest BCUT2D eigenvalue weighted by Gasteiger charge is -2.44. The quantitative estimate of drug-likeness (QED) is 0.585. The van der Waals surface area contributed by atoms with Crippen LogP contribution in [-0.2, 0) is 9.59 Å². The predicted octanol–water partition coefficient (Wildman–Crippen LogP) is 4.22. The molecule has 1 aromatic rings. The first-order valence-corrected chi connectivity index (χ1v) is 8.65. The van der Waals surface area contributed by atoms with Crippen LogP contribution in [0.1, 0.15) is 32.8 Å². The summed E-state index contributed by atoms with van der Waals surface area (Å²) < 4.78 is 26.5. The fourth-order valence-electron chi connectivity index (χ4n) is 3.09. The lowest BCUT2D eigenvalue weighted by molar-refractivity contribution is -0.131. The van der Waals surface area contributed by atoms with Crippen LogP contribution >= 0.6 is 0 Å². The first-order chi connectivity index (χ1) is 12.9. The summed E-state index contributed by atoms with van der Waals surface area (Å²) in [4.78, 5) is 22.9. The van der Waals surface area contributed by atoms with Crippen LogP contribution in [0.25, 0.3) is 6.08 Å². The first-order valence-electron chi connectivity index (χ1n) is 8.65. The zero-order valence-corrected chi connectivity index (χ0v) is 15.9. The molecular weight excluding hydrogens is 366 g/mol. The summed E-state index contributed by atoms with van der Waals surface area (Å²) in [6.07, 6.45) is 8.29. The number of ketones is 1. The fourth-order valence-corrected chi connectivity index (χ4v) is 3.09. The van der Waals surface area contributed by atoms with E-state index in [0.717, 1.165) is 18.2 Å². The minimum absolute atomic E-state index is 0.0953. The number of aliphatic carboxylic acids is 1. The van der Waals surface area contributed by atoms with Gasteiger partial charge in [0, 0.05) is 17.9 Å². The maximum Gasteiger partial charge on any atom is 0.328 e. The summed E-state index contributed by atoms with van der Waals surface area (Å²) in [6, 6.07) is 3.38. The number of hydrogen-bond donors (Lipinski definition) is 2. The molecule has 0 aliphatic heterocycles. The Kier molecular flexibility index (Phi) is 6.14. The third-order valence-corrected chi connectivity index (χ3v) is 4.74. The van der Waals surface area contributed by atoms with Gasteiger partial charge in [0.15, 0.2) is 17.4 Å². The van der Waals surface area contributed by atoms with E-state index in [9.17, 15) is 23.5 Å². The van der Waals surface area contributed by atoms with Gasteiger partial charge in [0.25, 0.3) is 0 Å². The molecule has 0 saturated heterocycles. The average molecular weight is 388 g/mol. The van der Waals surface area contributed by atoms with Crippen LogP contribution in [0.15, 0.2) is 59.7 Å². The Morgan fingerprint density at radius 2 is 1.86 bits per heavy atom. The van der Waals surface area contributed by atoms with Crippen molar-refractivity contribution in [1.29, 1.82) is 0 Å². The first kappa shape index (κ1) is 21.4. The number of allylic oxidation sites excluding steroid dienone is 3. The van der Waals surface area contributed by atoms with Gasteiger partial charge in [-0.3, -0.25) is 4.79 Å². The van der Waals surface area contributed by atoms with E-state index in [1.54, 1.807) is 20.8 Å². The molecular formula is C22H22F2O4. The van der Waals surface area contributed by atoms with Crippen LogP contribution in [-0.4, -0.2) is 27.6 Å². The molecule has 1 aliphatic carbocycles. The van der Waals surface area contributed by atoms with E-state index in [4.69, 9.17) is 5.11 Å². The number of halogens is 2. The van der Waals surface area contributed by atoms with Crippen LogP contribution in [0.2, 0.25) is 0 Å². The molecule has 0 spiro atoms. The molecule has 28 heavy (non-hydrogen) atoms. The van der Waals surface area contributed by atoms with Crippen molar-refractivity contribution in [2.75, 3.05) is 0 Å². The lowest BCUT2D eigenvalue weighted by Crippen LogP contribution is -2.48. The normalized spacial score (nSPS) is 22.7. The molecule has 0 fully saturated rings. The summed E-state index contributed by atoms with van der Waals surface area (Å²) in [5, 5.41) is 20.2. The largest absolute Gasteiger partial charge is 0.478 e. The van der Waals surface area contributed by atoms with Crippen LogP contribution in [0.5, 0.6) is 0 Å². The van der Waals surface area contributed by atoms with Crippen LogP contribution < -0.4 is 0 Å².